The Balaban J connectivity index is 2.30. The van der Waals surface area contributed by atoms with Crippen LogP contribution >= 0.6 is 11.6 Å². The molecule has 1 unspecified atom stereocenters. The summed E-state index contributed by atoms with van der Waals surface area (Å²) in [6.45, 7) is 3.17. The van der Waals surface area contributed by atoms with E-state index in [0.717, 1.165) is 0 Å². The van der Waals surface area contributed by atoms with Gasteiger partial charge in [-0.1, -0.05) is 23.7 Å². The molecule has 0 radical (unpaired) electrons. The Morgan fingerprint density at radius 3 is 2.31 bits per heavy atom. The lowest BCUT2D eigenvalue weighted by Crippen LogP contribution is -2.41. The summed E-state index contributed by atoms with van der Waals surface area (Å²) in [4.78, 5) is 50.2. The van der Waals surface area contributed by atoms with Crippen LogP contribution in [-0.2, 0) is 19.2 Å². The van der Waals surface area contributed by atoms with Crippen LogP contribution in [0.4, 0.5) is 0 Å². The average molecular weight is 371 g/mol. The zero-order valence-corrected chi connectivity index (χ0v) is 14.8. The largest absolute Gasteiger partial charge is 0.329 e. The fourth-order valence-corrected chi connectivity index (χ4v) is 3.22. The van der Waals surface area contributed by atoms with Gasteiger partial charge in [-0.05, 0) is 37.1 Å². The Hall–Kier alpha value is -2.99. The predicted octanol–water partition coefficient (Wildman–Crippen LogP) is 1.92. The lowest BCUT2D eigenvalue weighted by molar-refractivity contribution is -0.129. The molecule has 0 aliphatic carbocycles. The van der Waals surface area contributed by atoms with E-state index in [4.69, 9.17) is 11.6 Å². The van der Waals surface area contributed by atoms with Crippen molar-refractivity contribution in [3.63, 3.8) is 0 Å². The highest BCUT2D eigenvalue weighted by molar-refractivity contribution is 6.34. The van der Waals surface area contributed by atoms with Crippen LogP contribution in [0.1, 0.15) is 19.4 Å². The molecule has 0 saturated heterocycles. The third-order valence-corrected chi connectivity index (χ3v) is 4.29. The van der Waals surface area contributed by atoms with Crippen molar-refractivity contribution in [3.8, 4) is 0 Å². The lowest BCUT2D eigenvalue weighted by atomic mass is 9.81. The number of hydrogen-bond donors (Lipinski definition) is 2. The highest BCUT2D eigenvalue weighted by Gasteiger charge is 2.39. The smallest absolute Gasteiger partial charge is 0.259 e. The number of rotatable bonds is 2. The highest BCUT2D eigenvalue weighted by atomic mass is 35.5. The van der Waals surface area contributed by atoms with Gasteiger partial charge in [0.15, 0.2) is 11.6 Å². The molecule has 0 aromatic heterocycles. The second kappa shape index (κ2) is 6.72. The van der Waals surface area contributed by atoms with E-state index in [1.54, 1.807) is 32.0 Å². The van der Waals surface area contributed by atoms with Gasteiger partial charge in [-0.3, -0.25) is 19.2 Å². The van der Waals surface area contributed by atoms with E-state index in [-0.39, 0.29) is 11.1 Å². The Morgan fingerprint density at radius 1 is 1.00 bits per heavy atom. The molecule has 2 N–H and O–H groups in total. The Morgan fingerprint density at radius 2 is 1.69 bits per heavy atom. The fourth-order valence-electron chi connectivity index (χ4n) is 3.03. The van der Waals surface area contributed by atoms with Gasteiger partial charge < -0.3 is 10.6 Å². The maximum atomic E-state index is 12.6. The maximum absolute atomic E-state index is 12.6. The molecular formula is C19H15ClN2O4. The summed E-state index contributed by atoms with van der Waals surface area (Å²) in [6, 6.07) is 6.36. The number of carbonyl (C=O) groups is 4. The number of amides is 2. The summed E-state index contributed by atoms with van der Waals surface area (Å²) in [7, 11) is 0. The van der Waals surface area contributed by atoms with Gasteiger partial charge in [0.2, 0.25) is 5.91 Å². The summed E-state index contributed by atoms with van der Waals surface area (Å²) in [5, 5.41) is 5.49. The van der Waals surface area contributed by atoms with Gasteiger partial charge in [0.1, 0.15) is 5.92 Å². The molecule has 2 amide bonds. The van der Waals surface area contributed by atoms with Crippen molar-refractivity contribution >= 4 is 40.6 Å². The van der Waals surface area contributed by atoms with Crippen molar-refractivity contribution < 1.29 is 19.2 Å². The fraction of sp³-hybridized carbons (Fsp3) is 0.158. The van der Waals surface area contributed by atoms with Crippen molar-refractivity contribution in [2.75, 3.05) is 0 Å². The van der Waals surface area contributed by atoms with E-state index >= 15 is 0 Å². The van der Waals surface area contributed by atoms with Crippen LogP contribution in [0.2, 0.25) is 5.02 Å². The van der Waals surface area contributed by atoms with Gasteiger partial charge >= 0.3 is 0 Å². The Kier molecular flexibility index (Phi) is 4.61. The summed E-state index contributed by atoms with van der Waals surface area (Å²) >= 11 is 6.04. The standard InChI is InChI=1S/C19H15ClN2O4/c1-9-6-13(23)16(18(25)21-9)15(11-4-3-5-12(20)8-11)17-14(24)7-10(2)22-19(17)26/h3-8,16H,1-2H3,(H,21,25)(H,22,26)/b17-15+. The van der Waals surface area contributed by atoms with Crippen LogP contribution in [0.3, 0.4) is 0 Å². The molecule has 3 rings (SSSR count). The molecule has 0 saturated carbocycles. The molecule has 1 aromatic carbocycles. The summed E-state index contributed by atoms with van der Waals surface area (Å²) in [5.41, 5.74) is 0.973. The summed E-state index contributed by atoms with van der Waals surface area (Å²) < 4.78 is 0. The molecule has 1 aromatic rings. The highest BCUT2D eigenvalue weighted by Crippen LogP contribution is 2.33. The van der Waals surface area contributed by atoms with Crippen LogP contribution < -0.4 is 10.6 Å². The first-order chi connectivity index (χ1) is 12.3. The number of nitrogens with one attached hydrogen (secondary N) is 2. The van der Waals surface area contributed by atoms with Gasteiger partial charge in [-0.25, -0.2) is 0 Å². The van der Waals surface area contributed by atoms with Crippen LogP contribution in [0.25, 0.3) is 5.57 Å². The molecule has 0 bridgehead atoms. The number of allylic oxidation sites excluding steroid dienone is 4. The lowest BCUT2D eigenvalue weighted by Gasteiger charge is -2.25. The number of halogens is 1. The first-order valence-corrected chi connectivity index (χ1v) is 8.23. The SMILES string of the molecule is CC1=CC(=O)/C(=C(/c2cccc(Cl)c2)C2C(=O)C=C(C)NC2=O)C(=O)N1. The quantitative estimate of drug-likeness (QED) is 0.472. The number of carbonyl (C=O) groups excluding carboxylic acids is 4. The molecule has 2 aliphatic heterocycles. The third kappa shape index (κ3) is 3.23. The Bertz CT molecular complexity index is 956. The molecule has 26 heavy (non-hydrogen) atoms. The molecule has 7 heteroatoms. The minimum Gasteiger partial charge on any atom is -0.329 e. The van der Waals surface area contributed by atoms with Crippen molar-refractivity contribution in [3.05, 3.63) is 64.0 Å². The second-order valence-electron chi connectivity index (χ2n) is 6.10. The number of hydrogen-bond acceptors (Lipinski definition) is 4. The third-order valence-electron chi connectivity index (χ3n) is 4.05. The van der Waals surface area contributed by atoms with E-state index in [1.807, 2.05) is 0 Å². The topological polar surface area (TPSA) is 92.3 Å². The van der Waals surface area contributed by atoms with Crippen molar-refractivity contribution in [2.24, 2.45) is 5.92 Å². The van der Waals surface area contributed by atoms with E-state index < -0.39 is 29.3 Å². The van der Waals surface area contributed by atoms with Gasteiger partial charge in [-0.15, -0.1) is 0 Å². The van der Waals surface area contributed by atoms with Gasteiger partial charge in [-0.2, -0.15) is 0 Å². The minimum absolute atomic E-state index is 0.0463. The first kappa shape index (κ1) is 17.8. The summed E-state index contributed by atoms with van der Waals surface area (Å²) in [6.07, 6.45) is 2.54. The first-order valence-electron chi connectivity index (χ1n) is 7.85. The van der Waals surface area contributed by atoms with E-state index in [9.17, 15) is 19.2 Å². The zero-order chi connectivity index (χ0) is 19.0. The molecule has 0 spiro atoms. The van der Waals surface area contributed by atoms with Crippen LogP contribution in [0.15, 0.2) is 53.4 Å². The van der Waals surface area contributed by atoms with Crippen molar-refractivity contribution in [2.45, 2.75) is 13.8 Å². The monoisotopic (exact) mass is 370 g/mol. The van der Waals surface area contributed by atoms with Gasteiger partial charge in [0.05, 0.1) is 5.57 Å². The van der Waals surface area contributed by atoms with E-state index in [2.05, 4.69) is 10.6 Å². The van der Waals surface area contributed by atoms with Crippen LogP contribution in [0.5, 0.6) is 0 Å². The normalized spacial score (nSPS) is 22.3. The maximum Gasteiger partial charge on any atom is 0.259 e. The molecule has 0 fully saturated rings. The molecule has 132 valence electrons. The van der Waals surface area contributed by atoms with Gasteiger partial charge in [0.25, 0.3) is 5.91 Å². The van der Waals surface area contributed by atoms with E-state index in [0.29, 0.717) is 22.0 Å². The second-order valence-corrected chi connectivity index (χ2v) is 6.53. The predicted molar refractivity (Wildman–Crippen MR) is 95.7 cm³/mol. The number of ketones is 2. The molecule has 2 heterocycles. The van der Waals surface area contributed by atoms with Gasteiger partial charge in [0, 0.05) is 28.6 Å². The number of benzene rings is 1. The van der Waals surface area contributed by atoms with Crippen molar-refractivity contribution in [1.82, 2.24) is 10.6 Å². The van der Waals surface area contributed by atoms with Crippen LogP contribution in [-0.4, -0.2) is 23.4 Å². The molecule has 6 nitrogen and oxygen atoms in total. The molecular weight excluding hydrogens is 356 g/mol. The summed E-state index contributed by atoms with van der Waals surface area (Å²) in [5.74, 6) is -3.62. The van der Waals surface area contributed by atoms with E-state index in [1.165, 1.54) is 18.2 Å². The zero-order valence-electron chi connectivity index (χ0n) is 14.1. The van der Waals surface area contributed by atoms with Crippen LogP contribution in [0, 0.1) is 5.92 Å². The van der Waals surface area contributed by atoms with Crippen molar-refractivity contribution in [1.29, 1.82) is 0 Å². The average Bonchev–Trinajstić information content (AvgIpc) is 2.51. The molecule has 2 aliphatic rings. The Labute approximate surface area is 154 Å². The molecule has 1 atom stereocenters. The minimum atomic E-state index is -1.31.